The lowest BCUT2D eigenvalue weighted by molar-refractivity contribution is -0.140. The Bertz CT molecular complexity index is 149. The Morgan fingerprint density at radius 2 is 2.00 bits per heavy atom. The zero-order valence-corrected chi connectivity index (χ0v) is 8.80. The van der Waals surface area contributed by atoms with Crippen LogP contribution in [0.15, 0.2) is 0 Å². The van der Waals surface area contributed by atoms with E-state index >= 15 is 0 Å². The van der Waals surface area contributed by atoms with Crippen LogP contribution in [0.2, 0.25) is 0 Å². The number of carbonyl (C=O) groups excluding carboxylic acids is 1. The van der Waals surface area contributed by atoms with E-state index in [2.05, 4.69) is 17.7 Å². The van der Waals surface area contributed by atoms with E-state index in [1.54, 1.807) is 6.92 Å². The Labute approximate surface area is 80.7 Å². The molecule has 0 saturated heterocycles. The quantitative estimate of drug-likeness (QED) is 0.499. The van der Waals surface area contributed by atoms with Gasteiger partial charge >= 0.3 is 5.97 Å². The first-order valence-electron chi connectivity index (χ1n) is 4.69. The molecule has 0 aliphatic heterocycles. The zero-order chi connectivity index (χ0) is 10.5. The number of carbonyl (C=O) groups is 1. The van der Waals surface area contributed by atoms with Crippen molar-refractivity contribution in [2.75, 3.05) is 6.61 Å². The molecule has 0 aliphatic rings. The molecule has 0 unspecified atom stereocenters. The standard InChI is InChI=1S/C6H11N.C4H8O2/c1-2-3-4-5-6-7;1-3-6-4(2)5/h2-5H2,1H3;3H2,1-2H3. The third-order valence-electron chi connectivity index (χ3n) is 1.24. The summed E-state index contributed by atoms with van der Waals surface area (Å²) in [5.74, 6) is -0.211. The van der Waals surface area contributed by atoms with Gasteiger partial charge in [0.05, 0.1) is 12.7 Å². The maximum Gasteiger partial charge on any atom is 0.302 e. The molecule has 0 aromatic carbocycles. The van der Waals surface area contributed by atoms with Crippen molar-refractivity contribution in [1.29, 1.82) is 5.26 Å². The summed E-state index contributed by atoms with van der Waals surface area (Å²) in [7, 11) is 0. The van der Waals surface area contributed by atoms with E-state index in [-0.39, 0.29) is 5.97 Å². The topological polar surface area (TPSA) is 50.1 Å². The van der Waals surface area contributed by atoms with Crippen LogP contribution in [0.3, 0.4) is 0 Å². The van der Waals surface area contributed by atoms with Crippen LogP contribution < -0.4 is 0 Å². The molecule has 0 N–H and O–H groups in total. The highest BCUT2D eigenvalue weighted by atomic mass is 16.5. The average molecular weight is 185 g/mol. The van der Waals surface area contributed by atoms with Gasteiger partial charge in [0.2, 0.25) is 0 Å². The lowest BCUT2D eigenvalue weighted by atomic mass is 10.2. The largest absolute Gasteiger partial charge is 0.466 e. The predicted octanol–water partition coefficient (Wildman–Crippen LogP) is 2.66. The highest BCUT2D eigenvalue weighted by Crippen LogP contribution is 1.95. The first kappa shape index (κ1) is 14.5. The van der Waals surface area contributed by atoms with E-state index in [4.69, 9.17) is 5.26 Å². The van der Waals surface area contributed by atoms with Crippen molar-refractivity contribution >= 4 is 5.97 Å². The molecule has 0 aromatic heterocycles. The normalized spacial score (nSPS) is 7.85. The van der Waals surface area contributed by atoms with Gasteiger partial charge in [-0.25, -0.2) is 0 Å². The number of rotatable bonds is 4. The summed E-state index contributed by atoms with van der Waals surface area (Å²) in [6.07, 6.45) is 4.22. The second-order valence-electron chi connectivity index (χ2n) is 2.54. The number of esters is 1. The summed E-state index contributed by atoms with van der Waals surface area (Å²) in [4.78, 5) is 9.82. The molecule has 0 aromatic rings. The van der Waals surface area contributed by atoms with Gasteiger partial charge in [0.25, 0.3) is 0 Å². The van der Waals surface area contributed by atoms with E-state index in [0.29, 0.717) is 6.61 Å². The Hall–Kier alpha value is -1.04. The maximum atomic E-state index is 9.82. The first-order chi connectivity index (χ1) is 6.18. The van der Waals surface area contributed by atoms with Gasteiger partial charge in [0.15, 0.2) is 0 Å². The Morgan fingerprint density at radius 3 is 2.23 bits per heavy atom. The molecular weight excluding hydrogens is 166 g/mol. The van der Waals surface area contributed by atoms with Crippen molar-refractivity contribution in [3.63, 3.8) is 0 Å². The molecule has 0 spiro atoms. The molecule has 3 heteroatoms. The summed E-state index contributed by atoms with van der Waals surface area (Å²) in [6, 6.07) is 2.10. The molecule has 0 saturated carbocycles. The molecule has 0 rings (SSSR count). The number of unbranched alkanes of at least 4 members (excludes halogenated alkanes) is 3. The lowest BCUT2D eigenvalue weighted by Crippen LogP contribution is -1.95. The summed E-state index contributed by atoms with van der Waals surface area (Å²) in [5, 5.41) is 8.04. The number of hydrogen-bond acceptors (Lipinski definition) is 3. The van der Waals surface area contributed by atoms with Gasteiger partial charge in [-0.15, -0.1) is 0 Å². The van der Waals surface area contributed by atoms with Crippen molar-refractivity contribution in [1.82, 2.24) is 0 Å². The minimum Gasteiger partial charge on any atom is -0.466 e. The maximum absolute atomic E-state index is 9.82. The van der Waals surface area contributed by atoms with E-state index < -0.39 is 0 Å². The van der Waals surface area contributed by atoms with Gasteiger partial charge in [-0.05, 0) is 13.3 Å². The van der Waals surface area contributed by atoms with Crippen molar-refractivity contribution in [3.8, 4) is 6.07 Å². The summed E-state index contributed by atoms with van der Waals surface area (Å²) >= 11 is 0. The lowest BCUT2D eigenvalue weighted by Gasteiger charge is -1.89. The molecule has 0 heterocycles. The van der Waals surface area contributed by atoms with E-state index in [9.17, 15) is 4.79 Å². The van der Waals surface area contributed by atoms with Crippen LogP contribution in [0.25, 0.3) is 0 Å². The Kier molecular flexibility index (Phi) is 15.1. The van der Waals surface area contributed by atoms with Crippen molar-refractivity contribution in [2.45, 2.75) is 46.5 Å². The molecule has 0 fully saturated rings. The molecular formula is C10H19NO2. The molecule has 0 bridgehead atoms. The predicted molar refractivity (Wildman–Crippen MR) is 52.1 cm³/mol. The first-order valence-corrected chi connectivity index (χ1v) is 4.69. The Morgan fingerprint density at radius 1 is 1.38 bits per heavy atom. The molecule has 0 atom stereocenters. The number of ether oxygens (including phenoxy) is 1. The van der Waals surface area contributed by atoms with Crippen LogP contribution in [0.1, 0.15) is 46.5 Å². The second kappa shape index (κ2) is 13.5. The minimum absolute atomic E-state index is 0.211. The van der Waals surface area contributed by atoms with Crippen LogP contribution in [0.4, 0.5) is 0 Å². The van der Waals surface area contributed by atoms with Crippen molar-refractivity contribution < 1.29 is 9.53 Å². The molecule has 13 heavy (non-hydrogen) atoms. The highest BCUT2D eigenvalue weighted by Gasteiger charge is 1.81. The fraction of sp³-hybridized carbons (Fsp3) is 0.800. The van der Waals surface area contributed by atoms with E-state index in [1.807, 2.05) is 0 Å². The number of nitriles is 1. The minimum atomic E-state index is -0.211. The van der Waals surface area contributed by atoms with Crippen molar-refractivity contribution in [2.24, 2.45) is 0 Å². The molecule has 0 aliphatic carbocycles. The zero-order valence-electron chi connectivity index (χ0n) is 8.80. The monoisotopic (exact) mass is 185 g/mol. The van der Waals surface area contributed by atoms with Crippen LogP contribution in [0, 0.1) is 11.3 Å². The third kappa shape index (κ3) is 24.8. The van der Waals surface area contributed by atoms with Gasteiger partial charge in [0.1, 0.15) is 0 Å². The van der Waals surface area contributed by atoms with Gasteiger partial charge < -0.3 is 4.74 Å². The summed E-state index contributed by atoms with van der Waals surface area (Å²) in [5.41, 5.74) is 0. The van der Waals surface area contributed by atoms with Crippen LogP contribution in [-0.4, -0.2) is 12.6 Å². The van der Waals surface area contributed by atoms with Crippen LogP contribution >= 0.6 is 0 Å². The van der Waals surface area contributed by atoms with E-state index in [0.717, 1.165) is 12.8 Å². The van der Waals surface area contributed by atoms with Crippen LogP contribution in [-0.2, 0) is 9.53 Å². The van der Waals surface area contributed by atoms with E-state index in [1.165, 1.54) is 19.8 Å². The SMILES string of the molecule is CCCCCC#N.CCOC(C)=O. The number of nitrogens with zero attached hydrogens (tertiary/aromatic N) is 1. The van der Waals surface area contributed by atoms with Gasteiger partial charge in [-0.3, -0.25) is 4.79 Å². The van der Waals surface area contributed by atoms with Gasteiger partial charge in [-0.2, -0.15) is 5.26 Å². The summed E-state index contributed by atoms with van der Waals surface area (Å²) in [6.45, 7) is 5.79. The summed E-state index contributed by atoms with van der Waals surface area (Å²) < 4.78 is 4.40. The van der Waals surface area contributed by atoms with Gasteiger partial charge in [0, 0.05) is 13.3 Å². The van der Waals surface area contributed by atoms with Crippen molar-refractivity contribution in [3.05, 3.63) is 0 Å². The fourth-order valence-corrected chi connectivity index (χ4v) is 0.657. The third-order valence-corrected chi connectivity index (χ3v) is 1.24. The van der Waals surface area contributed by atoms with Gasteiger partial charge in [-0.1, -0.05) is 19.8 Å². The molecule has 0 amide bonds. The molecule has 3 nitrogen and oxygen atoms in total. The van der Waals surface area contributed by atoms with Crippen LogP contribution in [0.5, 0.6) is 0 Å². The smallest absolute Gasteiger partial charge is 0.302 e. The fourth-order valence-electron chi connectivity index (χ4n) is 0.657. The Balaban J connectivity index is 0. The number of hydrogen-bond donors (Lipinski definition) is 0. The molecule has 76 valence electrons. The molecule has 0 radical (unpaired) electrons. The average Bonchev–Trinajstić information content (AvgIpc) is 2.06. The highest BCUT2D eigenvalue weighted by molar-refractivity contribution is 5.65. The second-order valence-corrected chi connectivity index (χ2v) is 2.54.